The average Bonchev–Trinajstić information content (AvgIpc) is 2.71. The summed E-state index contributed by atoms with van der Waals surface area (Å²) in [7, 11) is -0.668. The highest BCUT2D eigenvalue weighted by Crippen LogP contribution is 2.39. The first-order valence-electron chi connectivity index (χ1n) is 7.81. The van der Waals surface area contributed by atoms with Gasteiger partial charge in [-0.05, 0) is 42.5 Å². The number of fused-ring (bicyclic) bond motifs is 3. The third-order valence-corrected chi connectivity index (χ3v) is 6.62. The third kappa shape index (κ3) is 2.50. The van der Waals surface area contributed by atoms with Crippen LogP contribution in [0.3, 0.4) is 0 Å². The molecule has 0 aliphatic carbocycles. The van der Waals surface area contributed by atoms with E-state index in [2.05, 4.69) is 18.2 Å². The van der Waals surface area contributed by atoms with Crippen molar-refractivity contribution in [3.8, 4) is 11.5 Å². The molecule has 3 aliphatic rings. The van der Waals surface area contributed by atoms with E-state index in [9.17, 15) is 4.21 Å². The van der Waals surface area contributed by atoms with Crippen LogP contribution in [0.5, 0.6) is 11.5 Å². The van der Waals surface area contributed by atoms with Crippen molar-refractivity contribution in [3.63, 3.8) is 0 Å². The SMILES string of the molecule is O=S1C2C=C(c3ccc4c(c3)OCCCO4)CC1CCC2. The highest BCUT2D eigenvalue weighted by molar-refractivity contribution is 7.86. The Hall–Kier alpha value is -1.29. The number of hydrogen-bond donors (Lipinski definition) is 0. The van der Waals surface area contributed by atoms with Gasteiger partial charge < -0.3 is 9.47 Å². The van der Waals surface area contributed by atoms with Gasteiger partial charge in [0.2, 0.25) is 0 Å². The van der Waals surface area contributed by atoms with E-state index in [-0.39, 0.29) is 5.25 Å². The molecule has 4 rings (SSSR count). The second-order valence-electron chi connectivity index (χ2n) is 6.03. The molecular weight excluding hydrogens is 284 g/mol. The fraction of sp³-hybridized carbons (Fsp3) is 0.529. The maximum absolute atomic E-state index is 12.3. The number of ether oxygens (including phenoxy) is 2. The van der Waals surface area contributed by atoms with Crippen LogP contribution in [-0.4, -0.2) is 27.9 Å². The van der Waals surface area contributed by atoms with Gasteiger partial charge in [-0.2, -0.15) is 0 Å². The molecule has 0 spiro atoms. The lowest BCUT2D eigenvalue weighted by atomic mass is 9.93. The van der Waals surface area contributed by atoms with Gasteiger partial charge in [0.1, 0.15) is 0 Å². The predicted octanol–water partition coefficient (Wildman–Crippen LogP) is 3.30. The number of rotatable bonds is 1. The largest absolute Gasteiger partial charge is 0.490 e. The van der Waals surface area contributed by atoms with Crippen molar-refractivity contribution in [2.24, 2.45) is 0 Å². The molecule has 0 amide bonds. The Bertz CT molecular complexity index is 608. The summed E-state index contributed by atoms with van der Waals surface area (Å²) in [5.41, 5.74) is 2.53. The molecule has 1 saturated heterocycles. The van der Waals surface area contributed by atoms with Crippen LogP contribution >= 0.6 is 0 Å². The summed E-state index contributed by atoms with van der Waals surface area (Å²) in [6.45, 7) is 1.43. The normalized spacial score (nSPS) is 31.2. The average molecular weight is 304 g/mol. The smallest absolute Gasteiger partial charge is 0.161 e. The zero-order chi connectivity index (χ0) is 14.2. The molecule has 3 aliphatic heterocycles. The standard InChI is InChI=1S/C17H20O3S/c18-21-14-3-1-4-15(21)10-13(9-14)12-5-6-16-17(11-12)20-8-2-7-19-16/h5-6,9,11,14-15H,1-4,7-8,10H2. The lowest BCUT2D eigenvalue weighted by molar-refractivity contribution is 0.297. The second kappa shape index (κ2) is 5.48. The predicted molar refractivity (Wildman–Crippen MR) is 84.2 cm³/mol. The summed E-state index contributed by atoms with van der Waals surface area (Å²) in [6.07, 6.45) is 7.48. The molecule has 1 fully saturated rings. The Balaban J connectivity index is 1.67. The summed E-state index contributed by atoms with van der Waals surface area (Å²) in [5, 5.41) is 0.600. The number of benzene rings is 1. The Morgan fingerprint density at radius 3 is 2.76 bits per heavy atom. The van der Waals surface area contributed by atoms with Gasteiger partial charge in [-0.15, -0.1) is 0 Å². The summed E-state index contributed by atoms with van der Waals surface area (Å²) < 4.78 is 23.8. The molecule has 3 nitrogen and oxygen atoms in total. The lowest BCUT2D eigenvalue weighted by Gasteiger charge is -2.33. The van der Waals surface area contributed by atoms with Gasteiger partial charge in [-0.1, -0.05) is 18.6 Å². The van der Waals surface area contributed by atoms with Crippen molar-refractivity contribution in [2.45, 2.75) is 42.6 Å². The van der Waals surface area contributed by atoms with Gasteiger partial charge in [0.15, 0.2) is 11.5 Å². The van der Waals surface area contributed by atoms with E-state index in [4.69, 9.17) is 9.47 Å². The molecule has 2 bridgehead atoms. The molecule has 1 aromatic carbocycles. The van der Waals surface area contributed by atoms with Crippen molar-refractivity contribution in [3.05, 3.63) is 29.8 Å². The number of allylic oxidation sites excluding steroid dienone is 1. The Labute approximate surface area is 127 Å². The first kappa shape index (κ1) is 13.4. The zero-order valence-electron chi connectivity index (χ0n) is 12.0. The van der Waals surface area contributed by atoms with Gasteiger partial charge in [-0.25, -0.2) is 0 Å². The van der Waals surface area contributed by atoms with E-state index in [1.54, 1.807) is 0 Å². The van der Waals surface area contributed by atoms with Crippen molar-refractivity contribution < 1.29 is 13.7 Å². The molecule has 0 saturated carbocycles. The first-order chi connectivity index (χ1) is 10.3. The van der Waals surface area contributed by atoms with Gasteiger partial charge >= 0.3 is 0 Å². The van der Waals surface area contributed by atoms with Crippen LogP contribution in [0.15, 0.2) is 24.3 Å². The van der Waals surface area contributed by atoms with Crippen LogP contribution < -0.4 is 9.47 Å². The van der Waals surface area contributed by atoms with Gasteiger partial charge in [-0.3, -0.25) is 4.21 Å². The minimum absolute atomic E-state index is 0.253. The Morgan fingerprint density at radius 2 is 1.90 bits per heavy atom. The fourth-order valence-corrected chi connectivity index (χ4v) is 5.41. The zero-order valence-corrected chi connectivity index (χ0v) is 12.9. The van der Waals surface area contributed by atoms with E-state index >= 15 is 0 Å². The second-order valence-corrected chi connectivity index (χ2v) is 7.96. The van der Waals surface area contributed by atoms with Crippen LogP contribution in [-0.2, 0) is 10.8 Å². The van der Waals surface area contributed by atoms with E-state index < -0.39 is 10.8 Å². The molecule has 0 N–H and O–H groups in total. The molecule has 3 heterocycles. The van der Waals surface area contributed by atoms with Crippen LogP contribution in [0.4, 0.5) is 0 Å². The molecule has 3 atom stereocenters. The van der Waals surface area contributed by atoms with E-state index in [1.807, 2.05) is 6.07 Å². The fourth-order valence-electron chi connectivity index (χ4n) is 3.48. The maximum Gasteiger partial charge on any atom is 0.161 e. The van der Waals surface area contributed by atoms with Crippen molar-refractivity contribution in [1.82, 2.24) is 0 Å². The molecule has 0 aromatic heterocycles. The summed E-state index contributed by atoms with van der Waals surface area (Å²) >= 11 is 0. The van der Waals surface area contributed by atoms with Gasteiger partial charge in [0.25, 0.3) is 0 Å². The van der Waals surface area contributed by atoms with Crippen LogP contribution in [0.1, 0.15) is 37.7 Å². The molecular formula is C17H20O3S. The van der Waals surface area contributed by atoms with E-state index in [0.717, 1.165) is 43.8 Å². The molecule has 1 aromatic rings. The Morgan fingerprint density at radius 1 is 1.05 bits per heavy atom. The summed E-state index contributed by atoms with van der Waals surface area (Å²) in [6, 6.07) is 6.22. The topological polar surface area (TPSA) is 35.5 Å². The van der Waals surface area contributed by atoms with E-state index in [1.165, 1.54) is 17.6 Å². The Kier molecular flexibility index (Phi) is 3.49. The third-order valence-electron chi connectivity index (χ3n) is 4.59. The molecule has 3 unspecified atom stereocenters. The van der Waals surface area contributed by atoms with Crippen LogP contribution in [0.2, 0.25) is 0 Å². The minimum Gasteiger partial charge on any atom is -0.490 e. The number of hydrogen-bond acceptors (Lipinski definition) is 3. The maximum atomic E-state index is 12.3. The van der Waals surface area contributed by atoms with Crippen LogP contribution in [0.25, 0.3) is 5.57 Å². The molecule has 0 radical (unpaired) electrons. The highest BCUT2D eigenvalue weighted by atomic mass is 32.2. The first-order valence-corrected chi connectivity index (χ1v) is 9.09. The quantitative estimate of drug-likeness (QED) is 0.798. The lowest BCUT2D eigenvalue weighted by Crippen LogP contribution is -2.33. The monoisotopic (exact) mass is 304 g/mol. The van der Waals surface area contributed by atoms with Gasteiger partial charge in [0, 0.05) is 22.5 Å². The van der Waals surface area contributed by atoms with Crippen molar-refractivity contribution in [1.29, 1.82) is 0 Å². The minimum atomic E-state index is -0.668. The van der Waals surface area contributed by atoms with E-state index in [0.29, 0.717) is 11.9 Å². The molecule has 4 heteroatoms. The van der Waals surface area contributed by atoms with Crippen LogP contribution in [0, 0.1) is 0 Å². The van der Waals surface area contributed by atoms with Gasteiger partial charge in [0.05, 0.1) is 18.5 Å². The van der Waals surface area contributed by atoms with Crippen molar-refractivity contribution in [2.75, 3.05) is 13.2 Å². The van der Waals surface area contributed by atoms with Crippen molar-refractivity contribution >= 4 is 16.4 Å². The molecule has 21 heavy (non-hydrogen) atoms. The molecule has 112 valence electrons. The summed E-state index contributed by atoms with van der Waals surface area (Å²) in [4.78, 5) is 0. The highest BCUT2D eigenvalue weighted by Gasteiger charge is 2.33. The summed E-state index contributed by atoms with van der Waals surface area (Å²) in [5.74, 6) is 1.69.